The molecular weight excluding hydrogens is 393 g/mol. The van der Waals surface area contributed by atoms with Gasteiger partial charge in [-0.05, 0) is 66.6 Å². The van der Waals surface area contributed by atoms with Crippen molar-refractivity contribution in [3.8, 4) is 5.75 Å². The molecule has 1 aromatic heterocycles. The van der Waals surface area contributed by atoms with Crippen molar-refractivity contribution >= 4 is 22.5 Å². The highest BCUT2D eigenvalue weighted by atomic mass is 19.4. The number of aromatic nitrogens is 1. The van der Waals surface area contributed by atoms with Crippen molar-refractivity contribution in [2.24, 2.45) is 11.3 Å². The average molecular weight is 414 g/mol. The second-order valence-corrected chi connectivity index (χ2v) is 8.31. The summed E-state index contributed by atoms with van der Waals surface area (Å²) in [5.74, 6) is 0.657. The number of hydrogen-bond acceptors (Lipinski definition) is 2. The number of H-pyrrole nitrogens is 1. The maximum Gasteiger partial charge on any atom is 0.416 e. The summed E-state index contributed by atoms with van der Waals surface area (Å²) < 4.78 is 43.5. The molecule has 2 N–H and O–H groups in total. The van der Waals surface area contributed by atoms with Gasteiger partial charge < -0.3 is 15.0 Å². The number of alkyl halides is 3. The molecule has 1 spiro atoms. The zero-order valence-electron chi connectivity index (χ0n) is 16.2. The summed E-state index contributed by atoms with van der Waals surface area (Å²) >= 11 is 0. The lowest BCUT2D eigenvalue weighted by Crippen LogP contribution is -2.14. The molecule has 4 nitrogen and oxygen atoms in total. The molecule has 0 radical (unpaired) electrons. The molecule has 0 saturated heterocycles. The summed E-state index contributed by atoms with van der Waals surface area (Å²) in [4.78, 5) is 15.6. The van der Waals surface area contributed by atoms with Gasteiger partial charge in [-0.2, -0.15) is 13.2 Å². The maximum atomic E-state index is 12.6. The highest BCUT2D eigenvalue weighted by Crippen LogP contribution is 2.70. The SMILES string of the molecule is O=C(Nc1c[nH]c2ccc(CCOc3ccc(C(F)(F)F)cc3)cc12)C1CC12CC2. The Labute approximate surface area is 171 Å². The third-order valence-electron chi connectivity index (χ3n) is 6.24. The lowest BCUT2D eigenvalue weighted by molar-refractivity contribution is -0.137. The number of halogens is 3. The first-order valence-electron chi connectivity index (χ1n) is 10.1. The third kappa shape index (κ3) is 3.64. The molecule has 30 heavy (non-hydrogen) atoms. The normalized spacial score (nSPS) is 19.1. The molecule has 3 aromatic rings. The number of hydrogen-bond donors (Lipinski definition) is 2. The number of aromatic amines is 1. The largest absolute Gasteiger partial charge is 0.493 e. The molecule has 2 aromatic carbocycles. The molecule has 0 aliphatic heterocycles. The van der Waals surface area contributed by atoms with Crippen LogP contribution in [0.3, 0.4) is 0 Å². The van der Waals surface area contributed by atoms with E-state index in [9.17, 15) is 18.0 Å². The Morgan fingerprint density at radius 2 is 1.93 bits per heavy atom. The molecule has 2 aliphatic rings. The Hall–Kier alpha value is -2.96. The summed E-state index contributed by atoms with van der Waals surface area (Å²) in [5.41, 5.74) is 2.37. The van der Waals surface area contributed by atoms with Gasteiger partial charge >= 0.3 is 6.18 Å². The quantitative estimate of drug-likeness (QED) is 0.556. The topological polar surface area (TPSA) is 54.1 Å². The first-order chi connectivity index (χ1) is 14.3. The van der Waals surface area contributed by atoms with Crippen LogP contribution in [0.5, 0.6) is 5.75 Å². The zero-order chi connectivity index (χ0) is 20.9. The first-order valence-corrected chi connectivity index (χ1v) is 10.1. The lowest BCUT2D eigenvalue weighted by atomic mass is 10.1. The highest BCUT2D eigenvalue weighted by Gasteiger charge is 2.65. The van der Waals surface area contributed by atoms with Crippen LogP contribution in [0, 0.1) is 11.3 Å². The van der Waals surface area contributed by atoms with Crippen molar-refractivity contribution in [3.05, 3.63) is 59.8 Å². The van der Waals surface area contributed by atoms with Crippen LogP contribution in [0.25, 0.3) is 10.9 Å². The Bertz CT molecular complexity index is 1100. The van der Waals surface area contributed by atoms with Crippen LogP contribution in [0.4, 0.5) is 18.9 Å². The van der Waals surface area contributed by atoms with Crippen molar-refractivity contribution in [1.29, 1.82) is 0 Å². The number of carbonyl (C=O) groups excluding carboxylic acids is 1. The van der Waals surface area contributed by atoms with Gasteiger partial charge in [0.1, 0.15) is 5.75 Å². The number of benzene rings is 2. The monoisotopic (exact) mass is 414 g/mol. The van der Waals surface area contributed by atoms with Gasteiger partial charge in [0.05, 0.1) is 17.9 Å². The molecular formula is C23H21F3N2O2. The summed E-state index contributed by atoms with van der Waals surface area (Å²) in [7, 11) is 0. The van der Waals surface area contributed by atoms with Crippen molar-refractivity contribution in [1.82, 2.24) is 4.98 Å². The van der Waals surface area contributed by atoms with E-state index in [2.05, 4.69) is 10.3 Å². The number of fused-ring (bicyclic) bond motifs is 1. The van der Waals surface area contributed by atoms with Gasteiger partial charge in [-0.25, -0.2) is 0 Å². The number of nitrogens with one attached hydrogen (secondary N) is 2. The lowest BCUT2D eigenvalue weighted by Gasteiger charge is -2.09. The average Bonchev–Trinajstić information content (AvgIpc) is 3.62. The van der Waals surface area contributed by atoms with Gasteiger partial charge in [-0.15, -0.1) is 0 Å². The molecule has 0 bridgehead atoms. The number of amides is 1. The molecule has 2 saturated carbocycles. The number of ether oxygens (including phenoxy) is 1. The zero-order valence-corrected chi connectivity index (χ0v) is 16.2. The summed E-state index contributed by atoms with van der Waals surface area (Å²) in [5, 5.41) is 4.00. The summed E-state index contributed by atoms with van der Waals surface area (Å²) in [6.45, 7) is 0.341. The Morgan fingerprint density at radius 3 is 2.60 bits per heavy atom. The minimum Gasteiger partial charge on any atom is -0.493 e. The predicted molar refractivity (Wildman–Crippen MR) is 107 cm³/mol. The molecule has 7 heteroatoms. The fourth-order valence-corrected chi connectivity index (χ4v) is 4.10. The third-order valence-corrected chi connectivity index (χ3v) is 6.24. The number of anilines is 1. The minimum atomic E-state index is -4.35. The number of rotatable bonds is 6. The Morgan fingerprint density at radius 1 is 1.17 bits per heavy atom. The van der Waals surface area contributed by atoms with Gasteiger partial charge in [0.25, 0.3) is 0 Å². The van der Waals surface area contributed by atoms with E-state index in [1.54, 1.807) is 0 Å². The molecule has 1 amide bonds. The Balaban J connectivity index is 1.21. The van der Waals surface area contributed by atoms with Gasteiger partial charge in [0.15, 0.2) is 0 Å². The van der Waals surface area contributed by atoms with E-state index in [0.717, 1.165) is 40.7 Å². The molecule has 156 valence electrons. The van der Waals surface area contributed by atoms with Crippen LogP contribution in [-0.4, -0.2) is 17.5 Å². The van der Waals surface area contributed by atoms with Crippen molar-refractivity contribution in [3.63, 3.8) is 0 Å². The fourth-order valence-electron chi connectivity index (χ4n) is 4.10. The molecule has 1 heterocycles. The predicted octanol–water partition coefficient (Wildman–Crippen LogP) is 5.55. The second-order valence-electron chi connectivity index (χ2n) is 8.31. The molecule has 1 unspecified atom stereocenters. The minimum absolute atomic E-state index is 0.101. The molecule has 1 atom stereocenters. The summed E-state index contributed by atoms with van der Waals surface area (Å²) in [6.07, 6.45) is 1.41. The summed E-state index contributed by atoms with van der Waals surface area (Å²) in [6, 6.07) is 10.6. The van der Waals surface area contributed by atoms with E-state index in [1.165, 1.54) is 25.0 Å². The second kappa shape index (κ2) is 6.79. The number of carbonyl (C=O) groups is 1. The van der Waals surface area contributed by atoms with Crippen LogP contribution in [0.15, 0.2) is 48.7 Å². The maximum absolute atomic E-state index is 12.6. The van der Waals surface area contributed by atoms with Gasteiger partial charge in [0.2, 0.25) is 5.91 Å². The fraction of sp³-hybridized carbons (Fsp3) is 0.348. The van der Waals surface area contributed by atoms with E-state index in [4.69, 9.17) is 4.74 Å². The van der Waals surface area contributed by atoms with Crippen LogP contribution >= 0.6 is 0 Å². The van der Waals surface area contributed by atoms with Crippen LogP contribution in [0.2, 0.25) is 0 Å². The standard InChI is InChI=1S/C23H21F3N2O2/c24-23(25,26)15-2-4-16(5-3-15)30-10-7-14-1-6-19-17(11-14)20(13-27-19)28-21(29)18-12-22(18)8-9-22/h1-6,11,13,18,27H,7-10,12H2,(H,28,29). The van der Waals surface area contributed by atoms with Crippen molar-refractivity contribution in [2.45, 2.75) is 31.9 Å². The molecule has 2 aliphatic carbocycles. The molecule has 2 fully saturated rings. The van der Waals surface area contributed by atoms with E-state index in [-0.39, 0.29) is 11.8 Å². The van der Waals surface area contributed by atoms with Crippen LogP contribution < -0.4 is 10.1 Å². The van der Waals surface area contributed by atoms with Gasteiger partial charge in [-0.1, -0.05) is 6.07 Å². The Kier molecular flexibility index (Phi) is 4.31. The van der Waals surface area contributed by atoms with E-state index < -0.39 is 11.7 Å². The van der Waals surface area contributed by atoms with Crippen LogP contribution in [0.1, 0.15) is 30.4 Å². The van der Waals surface area contributed by atoms with E-state index >= 15 is 0 Å². The first kappa shape index (κ1) is 19.0. The van der Waals surface area contributed by atoms with Gasteiger partial charge in [-0.3, -0.25) is 4.79 Å². The van der Waals surface area contributed by atoms with Crippen molar-refractivity contribution in [2.75, 3.05) is 11.9 Å². The van der Waals surface area contributed by atoms with E-state index in [1.807, 2.05) is 24.4 Å². The van der Waals surface area contributed by atoms with Gasteiger partial charge in [0, 0.05) is 29.4 Å². The highest BCUT2D eigenvalue weighted by molar-refractivity contribution is 6.03. The van der Waals surface area contributed by atoms with E-state index in [0.29, 0.717) is 24.2 Å². The van der Waals surface area contributed by atoms with Crippen molar-refractivity contribution < 1.29 is 22.7 Å². The smallest absolute Gasteiger partial charge is 0.416 e. The molecule has 5 rings (SSSR count). The van der Waals surface area contributed by atoms with Crippen LogP contribution in [-0.2, 0) is 17.4 Å².